The van der Waals surface area contributed by atoms with Gasteiger partial charge in [0.05, 0.1) is 0 Å². The monoisotopic (exact) mass is 221 g/mol. The number of nitrogens with one attached hydrogen (secondary N) is 1. The molecule has 0 aliphatic carbocycles. The molecule has 1 fully saturated rings. The molecule has 1 unspecified atom stereocenters. The summed E-state index contributed by atoms with van der Waals surface area (Å²) in [6.07, 6.45) is 7.41. The second kappa shape index (κ2) is 9.28. The molecule has 1 aliphatic heterocycles. The first kappa shape index (κ1) is 13.7. The van der Waals surface area contributed by atoms with E-state index in [9.17, 15) is 4.79 Å². The molecule has 1 atom stereocenters. The molecule has 0 spiro atoms. The predicted molar refractivity (Wildman–Crippen MR) is 58.9 cm³/mol. The molecule has 0 aromatic heterocycles. The molecular formula is C10H20ClNO2. The summed E-state index contributed by atoms with van der Waals surface area (Å²) >= 11 is 4.64. The molecule has 1 heterocycles. The molecule has 1 saturated heterocycles. The van der Waals surface area contributed by atoms with Gasteiger partial charge in [-0.1, -0.05) is 6.42 Å². The fraction of sp³-hybridized carbons (Fsp3) is 0.900. The third-order valence-corrected chi connectivity index (χ3v) is 2.36. The molecule has 3 nitrogen and oxygen atoms in total. The maximum atomic E-state index is 10.2. The first-order chi connectivity index (χ1) is 6.79. The second-order valence-corrected chi connectivity index (χ2v) is 3.43. The van der Waals surface area contributed by atoms with Crippen LogP contribution in [0.15, 0.2) is 0 Å². The Hall–Kier alpha value is -0.280. The van der Waals surface area contributed by atoms with Crippen molar-refractivity contribution in [1.82, 2.24) is 5.32 Å². The number of piperidine rings is 1. The van der Waals surface area contributed by atoms with E-state index < -0.39 is 5.97 Å². The van der Waals surface area contributed by atoms with Gasteiger partial charge in [0.15, 0.2) is 0 Å². The summed E-state index contributed by atoms with van der Waals surface area (Å²) in [4.78, 5) is 10.2. The highest BCUT2D eigenvalue weighted by Gasteiger charge is 2.11. The summed E-state index contributed by atoms with van der Waals surface area (Å²) in [5, 5.41) is 11.8. The van der Waals surface area contributed by atoms with E-state index in [1.54, 1.807) is 0 Å². The lowest BCUT2D eigenvalue weighted by Gasteiger charge is -2.22. The molecule has 84 valence electrons. The van der Waals surface area contributed by atoms with Crippen LogP contribution >= 0.6 is 11.6 Å². The van der Waals surface area contributed by atoms with E-state index in [1.807, 2.05) is 0 Å². The lowest BCUT2D eigenvalue weighted by atomic mass is 10.00. The first-order valence-corrected chi connectivity index (χ1v) is 5.87. The van der Waals surface area contributed by atoms with Gasteiger partial charge in [0.1, 0.15) is 0 Å². The molecule has 0 amide bonds. The molecule has 0 radical (unpaired) electrons. The zero-order valence-electron chi connectivity index (χ0n) is 8.76. The summed E-state index contributed by atoms with van der Waals surface area (Å²) in [5.41, 5.74) is 0. The Kier molecular flexibility index (Phi) is 9.10. The number of aliphatic carboxylic acids is 1. The first-order valence-electron chi connectivity index (χ1n) is 5.12. The van der Waals surface area contributed by atoms with Gasteiger partial charge in [-0.15, -0.1) is 11.6 Å². The highest BCUT2D eigenvalue weighted by molar-refractivity contribution is 6.15. The van der Waals surface area contributed by atoms with Gasteiger partial charge < -0.3 is 10.4 Å². The summed E-state index contributed by atoms with van der Waals surface area (Å²) in [5.74, 6) is -0.675. The largest absolute Gasteiger partial charge is 0.481 e. The Labute approximate surface area is 90.8 Å². The Morgan fingerprint density at radius 1 is 1.50 bits per heavy atom. The van der Waals surface area contributed by atoms with Gasteiger partial charge in [-0.3, -0.25) is 4.79 Å². The van der Waals surface area contributed by atoms with Gasteiger partial charge in [0, 0.05) is 18.8 Å². The molecular weight excluding hydrogens is 202 g/mol. The van der Waals surface area contributed by atoms with Crippen molar-refractivity contribution in [3.8, 4) is 0 Å². The maximum Gasteiger partial charge on any atom is 0.303 e. The van der Waals surface area contributed by atoms with Crippen molar-refractivity contribution in [2.75, 3.05) is 12.9 Å². The van der Waals surface area contributed by atoms with E-state index in [2.05, 4.69) is 16.9 Å². The molecule has 2 N–H and O–H groups in total. The summed E-state index contributed by atoms with van der Waals surface area (Å²) in [6, 6.07) is 0.582. The SMILES string of the molecule is CCl.O=C(O)CCCC1CCCCN1. The minimum Gasteiger partial charge on any atom is -0.481 e. The summed E-state index contributed by atoms with van der Waals surface area (Å²) < 4.78 is 0. The van der Waals surface area contributed by atoms with Crippen molar-refractivity contribution in [1.29, 1.82) is 0 Å². The quantitative estimate of drug-likeness (QED) is 0.716. The predicted octanol–water partition coefficient (Wildman–Crippen LogP) is 2.24. The smallest absolute Gasteiger partial charge is 0.303 e. The van der Waals surface area contributed by atoms with Crippen molar-refractivity contribution in [2.45, 2.75) is 44.6 Å². The van der Waals surface area contributed by atoms with Crippen LogP contribution in [0.25, 0.3) is 0 Å². The second-order valence-electron chi connectivity index (χ2n) is 3.43. The van der Waals surface area contributed by atoms with Crippen molar-refractivity contribution in [3.63, 3.8) is 0 Å². The van der Waals surface area contributed by atoms with Gasteiger partial charge in [-0.25, -0.2) is 0 Å². The minimum absolute atomic E-state index is 0.318. The van der Waals surface area contributed by atoms with Crippen LogP contribution in [0, 0.1) is 0 Å². The molecule has 0 saturated carbocycles. The van der Waals surface area contributed by atoms with Gasteiger partial charge in [-0.2, -0.15) is 0 Å². The lowest BCUT2D eigenvalue weighted by molar-refractivity contribution is -0.137. The Morgan fingerprint density at radius 2 is 2.21 bits per heavy atom. The van der Waals surface area contributed by atoms with Crippen LogP contribution in [0.1, 0.15) is 38.5 Å². The summed E-state index contributed by atoms with van der Waals surface area (Å²) in [7, 11) is 0. The number of hydrogen-bond donors (Lipinski definition) is 2. The average Bonchev–Trinajstić information content (AvgIpc) is 2.22. The molecule has 4 heteroatoms. The van der Waals surface area contributed by atoms with Crippen LogP contribution < -0.4 is 5.32 Å². The Bertz CT molecular complexity index is 147. The number of alkyl halides is 1. The number of halogens is 1. The molecule has 0 aromatic carbocycles. The topological polar surface area (TPSA) is 49.3 Å². The van der Waals surface area contributed by atoms with Gasteiger partial charge in [-0.05, 0) is 32.2 Å². The molecule has 0 bridgehead atoms. The molecule has 0 aromatic rings. The van der Waals surface area contributed by atoms with E-state index in [4.69, 9.17) is 5.11 Å². The maximum absolute atomic E-state index is 10.2. The third kappa shape index (κ3) is 7.15. The van der Waals surface area contributed by atoms with Crippen LogP contribution in [0.3, 0.4) is 0 Å². The zero-order chi connectivity index (χ0) is 10.8. The normalized spacial score (nSPS) is 20.9. The zero-order valence-corrected chi connectivity index (χ0v) is 9.52. The number of hydrogen-bond acceptors (Lipinski definition) is 2. The van der Waals surface area contributed by atoms with Crippen molar-refractivity contribution >= 4 is 17.6 Å². The van der Waals surface area contributed by atoms with Crippen LogP contribution in [-0.4, -0.2) is 30.0 Å². The summed E-state index contributed by atoms with van der Waals surface area (Å²) in [6.45, 7) is 1.11. The molecule has 1 aliphatic rings. The highest BCUT2D eigenvalue weighted by Crippen LogP contribution is 2.12. The van der Waals surface area contributed by atoms with Gasteiger partial charge >= 0.3 is 5.97 Å². The Balaban J connectivity index is 0.000000791. The van der Waals surface area contributed by atoms with Crippen molar-refractivity contribution in [3.05, 3.63) is 0 Å². The van der Waals surface area contributed by atoms with E-state index >= 15 is 0 Å². The third-order valence-electron chi connectivity index (χ3n) is 2.36. The number of carbonyl (C=O) groups is 1. The molecule has 1 rings (SSSR count). The van der Waals surface area contributed by atoms with Crippen LogP contribution in [0.4, 0.5) is 0 Å². The van der Waals surface area contributed by atoms with E-state index in [-0.39, 0.29) is 0 Å². The van der Waals surface area contributed by atoms with E-state index in [0.717, 1.165) is 19.4 Å². The molecule has 14 heavy (non-hydrogen) atoms. The fourth-order valence-electron chi connectivity index (χ4n) is 1.67. The van der Waals surface area contributed by atoms with Crippen LogP contribution in [0.2, 0.25) is 0 Å². The number of rotatable bonds is 4. The minimum atomic E-state index is -0.675. The standard InChI is InChI=1S/C9H17NO2.CH3Cl/c11-9(12)6-3-5-8-4-1-2-7-10-8;1-2/h8,10H,1-7H2,(H,11,12);1H3. The van der Waals surface area contributed by atoms with Crippen LogP contribution in [0.5, 0.6) is 0 Å². The average molecular weight is 222 g/mol. The van der Waals surface area contributed by atoms with Gasteiger partial charge in [0.2, 0.25) is 0 Å². The highest BCUT2D eigenvalue weighted by atomic mass is 35.5. The Morgan fingerprint density at radius 3 is 2.71 bits per heavy atom. The fourth-order valence-corrected chi connectivity index (χ4v) is 1.67. The van der Waals surface area contributed by atoms with E-state index in [0.29, 0.717) is 12.5 Å². The van der Waals surface area contributed by atoms with Crippen molar-refractivity contribution < 1.29 is 9.90 Å². The van der Waals surface area contributed by atoms with Crippen LogP contribution in [-0.2, 0) is 4.79 Å². The van der Waals surface area contributed by atoms with Gasteiger partial charge in [0.25, 0.3) is 0 Å². The number of carboxylic acids is 1. The van der Waals surface area contributed by atoms with Crippen molar-refractivity contribution in [2.24, 2.45) is 0 Å². The van der Waals surface area contributed by atoms with E-state index in [1.165, 1.54) is 25.6 Å². The lowest BCUT2D eigenvalue weighted by Crippen LogP contribution is -2.33. The number of carboxylic acid groups (broad SMARTS) is 1.